The van der Waals surface area contributed by atoms with Crippen molar-refractivity contribution in [3.63, 3.8) is 0 Å². The van der Waals surface area contributed by atoms with Gasteiger partial charge in [-0.3, -0.25) is 19.2 Å². The van der Waals surface area contributed by atoms with Crippen molar-refractivity contribution >= 4 is 23.1 Å². The number of carbonyl (C=O) groups is 4. The molecule has 298 valence electrons. The third-order valence-corrected chi connectivity index (χ3v) is 9.23. The molecule has 0 fully saturated rings. The van der Waals surface area contributed by atoms with Gasteiger partial charge in [0.2, 0.25) is 0 Å². The average Bonchev–Trinajstić information content (AvgIpc) is 3.14. The molecule has 0 atom stereocenters. The Balaban J connectivity index is 1.50. The number of unbranched alkanes of at least 4 members (excludes halogenated alkanes) is 1. The van der Waals surface area contributed by atoms with Crippen molar-refractivity contribution in [1.29, 1.82) is 0 Å². The van der Waals surface area contributed by atoms with Gasteiger partial charge < -0.3 is 29.9 Å². The first-order chi connectivity index (χ1) is 26.0. The van der Waals surface area contributed by atoms with Crippen molar-refractivity contribution in [3.8, 4) is 0 Å². The maximum Gasteiger partial charge on any atom is 0.193 e. The first-order valence-corrected chi connectivity index (χ1v) is 18.7. The summed E-state index contributed by atoms with van der Waals surface area (Å²) in [4.78, 5) is 50.7. The molecule has 56 heavy (non-hydrogen) atoms. The maximum atomic E-state index is 12.7. The molecular weight excluding hydrogens is 712 g/mol. The van der Waals surface area contributed by atoms with Gasteiger partial charge in [-0.25, -0.2) is 0 Å². The van der Waals surface area contributed by atoms with Crippen molar-refractivity contribution < 1.29 is 49.1 Å². The fraction of sp³-hybridized carbons (Fsp3) is 0.391. The van der Waals surface area contributed by atoms with Gasteiger partial charge in [0.05, 0.1) is 0 Å². The maximum absolute atomic E-state index is 12.7. The van der Waals surface area contributed by atoms with Crippen LogP contribution in [0.4, 0.5) is 0 Å². The van der Waals surface area contributed by atoms with Crippen LogP contribution in [0.1, 0.15) is 144 Å². The summed E-state index contributed by atoms with van der Waals surface area (Å²) in [6.45, 7) is 12.2. The van der Waals surface area contributed by atoms with Crippen LogP contribution >= 0.6 is 0 Å². The monoisotopic (exact) mass is 766 g/mol. The molecule has 0 saturated carbocycles. The van der Waals surface area contributed by atoms with Gasteiger partial charge in [-0.15, -0.1) is 0 Å². The van der Waals surface area contributed by atoms with Gasteiger partial charge in [-0.2, -0.15) is 0 Å². The third kappa shape index (κ3) is 11.4. The van der Waals surface area contributed by atoms with E-state index in [-0.39, 0.29) is 0 Å². The first kappa shape index (κ1) is 44.0. The smallest absolute Gasteiger partial charge is 0.193 e. The summed E-state index contributed by atoms with van der Waals surface area (Å²) in [7, 11) is 0. The van der Waals surface area contributed by atoms with E-state index in [9.17, 15) is 39.6 Å². The van der Waals surface area contributed by atoms with Gasteiger partial charge in [0.1, 0.15) is 34.6 Å². The summed E-state index contributed by atoms with van der Waals surface area (Å²) in [5, 5.41) is 40.9. The van der Waals surface area contributed by atoms with Crippen LogP contribution in [0.25, 0.3) is 0 Å². The summed E-state index contributed by atoms with van der Waals surface area (Å²) in [5.41, 5.74) is -1.65. The molecule has 0 spiro atoms. The molecule has 4 aromatic rings. The van der Waals surface area contributed by atoms with Gasteiger partial charge in [0.15, 0.2) is 23.1 Å². The number of rotatable bonds is 19. The summed E-state index contributed by atoms with van der Waals surface area (Å²) in [5.74, 6) is -1.64. The Kier molecular flexibility index (Phi) is 13.9. The van der Waals surface area contributed by atoms with E-state index in [0.29, 0.717) is 48.3 Å². The van der Waals surface area contributed by atoms with Gasteiger partial charge in [-0.1, -0.05) is 97.1 Å². The zero-order valence-corrected chi connectivity index (χ0v) is 33.5. The van der Waals surface area contributed by atoms with Crippen LogP contribution in [0.5, 0.6) is 0 Å². The number of ether oxygens (including phenoxy) is 2. The number of benzene rings is 4. The highest BCUT2D eigenvalue weighted by molar-refractivity contribution is 6.03. The fourth-order valence-corrected chi connectivity index (χ4v) is 6.03. The van der Waals surface area contributed by atoms with Crippen molar-refractivity contribution in [3.05, 3.63) is 142 Å². The van der Waals surface area contributed by atoms with Crippen LogP contribution in [0.2, 0.25) is 0 Å². The van der Waals surface area contributed by atoms with Crippen LogP contribution in [0, 0.1) is 0 Å². The lowest BCUT2D eigenvalue weighted by Crippen LogP contribution is -2.31. The van der Waals surface area contributed by atoms with Crippen molar-refractivity contribution in [2.75, 3.05) is 13.2 Å². The minimum Gasteiger partial charge on any atom is -0.382 e. The Morgan fingerprint density at radius 3 is 0.732 bits per heavy atom. The first-order valence-electron chi connectivity index (χ1n) is 18.7. The van der Waals surface area contributed by atoms with Crippen LogP contribution in [-0.4, -0.2) is 79.2 Å². The molecule has 4 rings (SSSR count). The van der Waals surface area contributed by atoms with Crippen LogP contribution in [0.3, 0.4) is 0 Å². The lowest BCUT2D eigenvalue weighted by Gasteiger charge is -2.22. The summed E-state index contributed by atoms with van der Waals surface area (Å²) < 4.78 is 12.8. The van der Waals surface area contributed by atoms with E-state index in [1.807, 2.05) is 0 Å². The lowest BCUT2D eigenvalue weighted by molar-refractivity contribution is 0.0484. The molecule has 4 N–H and O–H groups in total. The molecule has 4 aromatic carbocycles. The molecule has 0 bridgehead atoms. The van der Waals surface area contributed by atoms with Crippen molar-refractivity contribution in [2.45, 2.75) is 103 Å². The summed E-state index contributed by atoms with van der Waals surface area (Å²) >= 11 is 0. The lowest BCUT2D eigenvalue weighted by atomic mass is 9.92. The predicted molar refractivity (Wildman–Crippen MR) is 213 cm³/mol. The number of Topliss-reactive ketones (excluding diaryl/α,β-unsaturated/α-hetero) is 4. The molecule has 0 radical (unpaired) electrons. The number of hydrogen-bond acceptors (Lipinski definition) is 10. The highest BCUT2D eigenvalue weighted by Gasteiger charge is 2.29. The minimum absolute atomic E-state index is 0.328. The van der Waals surface area contributed by atoms with Crippen molar-refractivity contribution in [2.24, 2.45) is 0 Å². The van der Waals surface area contributed by atoms with E-state index in [1.165, 1.54) is 55.4 Å². The molecule has 0 amide bonds. The second-order valence-electron chi connectivity index (χ2n) is 16.2. The molecule has 10 nitrogen and oxygen atoms in total. The van der Waals surface area contributed by atoms with E-state index < -0.39 is 57.7 Å². The molecule has 0 aliphatic heterocycles. The van der Waals surface area contributed by atoms with Gasteiger partial charge >= 0.3 is 0 Å². The largest absolute Gasteiger partial charge is 0.382 e. The number of hydrogen-bond donors (Lipinski definition) is 4. The Hall–Kier alpha value is -4.68. The summed E-state index contributed by atoms with van der Waals surface area (Å²) in [6, 6.07) is 27.3. The second kappa shape index (κ2) is 17.6. The predicted octanol–water partition coefficient (Wildman–Crippen LogP) is 7.19. The zero-order chi connectivity index (χ0) is 41.6. The summed E-state index contributed by atoms with van der Waals surface area (Å²) in [6.07, 6.45) is 0.0884. The quantitative estimate of drug-likeness (QED) is 0.0566. The van der Waals surface area contributed by atoms with E-state index in [0.717, 1.165) is 22.3 Å². The molecule has 10 heteroatoms. The topological polar surface area (TPSA) is 168 Å². The van der Waals surface area contributed by atoms with E-state index in [1.54, 1.807) is 97.1 Å². The van der Waals surface area contributed by atoms with Gasteiger partial charge in [-0.05, 0) is 90.5 Å². The number of ketones is 4. The highest BCUT2D eigenvalue weighted by Crippen LogP contribution is 2.31. The van der Waals surface area contributed by atoms with E-state index in [4.69, 9.17) is 9.47 Å². The van der Waals surface area contributed by atoms with Crippen molar-refractivity contribution in [1.82, 2.24) is 0 Å². The SMILES string of the molecule is CC(C)(O)C(=O)c1ccc(C(OCCCCOC(c2ccc(C(=O)C(C)(C)O)cc2)c2ccc(C(=O)C(C)(C)O)cc2)c2ccc(C(=O)C(C)(C)O)cc2)cc1. The molecule has 0 heterocycles. The Bertz CT molecular complexity index is 1680. The highest BCUT2D eigenvalue weighted by atomic mass is 16.5. The van der Waals surface area contributed by atoms with Gasteiger partial charge in [0, 0.05) is 35.5 Å². The molecule has 0 aliphatic rings. The van der Waals surface area contributed by atoms with E-state index in [2.05, 4.69) is 0 Å². The molecule has 0 aromatic heterocycles. The van der Waals surface area contributed by atoms with Gasteiger partial charge in [0.25, 0.3) is 0 Å². The molecule has 0 unspecified atom stereocenters. The zero-order valence-electron chi connectivity index (χ0n) is 33.5. The normalized spacial score (nSPS) is 12.6. The molecule has 0 aliphatic carbocycles. The average molecular weight is 767 g/mol. The van der Waals surface area contributed by atoms with Crippen LogP contribution in [-0.2, 0) is 9.47 Å². The Morgan fingerprint density at radius 2 is 0.571 bits per heavy atom. The second-order valence-corrected chi connectivity index (χ2v) is 16.2. The fourth-order valence-electron chi connectivity index (χ4n) is 6.03. The number of carbonyl (C=O) groups excluding carboxylic acids is 4. The third-order valence-electron chi connectivity index (χ3n) is 9.23. The minimum atomic E-state index is -1.53. The van der Waals surface area contributed by atoms with Crippen LogP contribution in [0.15, 0.2) is 97.1 Å². The Morgan fingerprint density at radius 1 is 0.393 bits per heavy atom. The Labute approximate surface area is 329 Å². The molecule has 0 saturated heterocycles. The van der Waals surface area contributed by atoms with E-state index >= 15 is 0 Å². The molecular formula is C46H54O10. The van der Waals surface area contributed by atoms with Crippen LogP contribution < -0.4 is 0 Å². The number of aliphatic hydroxyl groups is 4. The standard InChI is InChI=1S/C46H54O10/c1-43(2,51)39(47)33-19-11-29(12-20-33)37(30-13-21-34(22-14-30)40(48)44(3,4)52)55-27-9-10-28-56-38(31-15-23-35(24-16-31)41(49)45(5,6)53)32-17-25-36(26-18-32)42(50)46(7,8)54/h11-26,37-38,51-54H,9-10,27-28H2,1-8H3.